The van der Waals surface area contributed by atoms with Gasteiger partial charge in [0.1, 0.15) is 5.82 Å². The maximum Gasteiger partial charge on any atom is 0.310 e. The van der Waals surface area contributed by atoms with Crippen molar-refractivity contribution in [2.24, 2.45) is 5.92 Å². The lowest BCUT2D eigenvalue weighted by atomic mass is 9.90. The van der Waals surface area contributed by atoms with Crippen LogP contribution in [0.2, 0.25) is 5.02 Å². The molecule has 17 heavy (non-hydrogen) atoms. The molecule has 0 amide bonds. The molecule has 1 fully saturated rings. The van der Waals surface area contributed by atoms with Gasteiger partial charge in [-0.1, -0.05) is 11.6 Å². The van der Waals surface area contributed by atoms with Crippen molar-refractivity contribution in [2.45, 2.75) is 19.0 Å². The van der Waals surface area contributed by atoms with E-state index in [1.54, 1.807) is 6.92 Å². The third-order valence-corrected chi connectivity index (χ3v) is 3.18. The molecule has 1 heterocycles. The van der Waals surface area contributed by atoms with E-state index in [4.69, 9.17) is 16.7 Å². The highest BCUT2D eigenvalue weighted by molar-refractivity contribution is 6.30. The number of hydrazine groups is 1. The number of benzene rings is 1. The molecule has 3 unspecified atom stereocenters. The third kappa shape index (κ3) is 2.26. The quantitative estimate of drug-likeness (QED) is 0.756. The van der Waals surface area contributed by atoms with Crippen molar-refractivity contribution in [3.05, 3.63) is 34.6 Å². The number of halogens is 2. The molecule has 0 saturated carbocycles. The molecule has 0 radical (unpaired) electrons. The molecule has 3 N–H and O–H groups in total. The Bertz CT molecular complexity index is 455. The molecule has 4 nitrogen and oxygen atoms in total. The van der Waals surface area contributed by atoms with E-state index in [-0.39, 0.29) is 11.6 Å². The molecule has 1 aliphatic rings. The first-order valence-corrected chi connectivity index (χ1v) is 5.57. The fraction of sp³-hybridized carbons (Fsp3) is 0.364. The van der Waals surface area contributed by atoms with Crippen LogP contribution in [0, 0.1) is 11.7 Å². The van der Waals surface area contributed by atoms with E-state index < -0.39 is 23.7 Å². The first-order chi connectivity index (χ1) is 8.00. The lowest BCUT2D eigenvalue weighted by molar-refractivity contribution is -0.142. The molecule has 1 aliphatic heterocycles. The molecule has 1 aromatic carbocycles. The van der Waals surface area contributed by atoms with Crippen molar-refractivity contribution in [3.8, 4) is 0 Å². The summed E-state index contributed by atoms with van der Waals surface area (Å²) in [4.78, 5) is 11.2. The van der Waals surface area contributed by atoms with E-state index in [2.05, 4.69) is 10.9 Å². The van der Waals surface area contributed by atoms with Gasteiger partial charge in [0.15, 0.2) is 0 Å². The second kappa shape index (κ2) is 4.60. The second-order valence-corrected chi connectivity index (χ2v) is 4.52. The van der Waals surface area contributed by atoms with E-state index in [0.29, 0.717) is 5.02 Å². The molecular weight excluding hydrogens is 247 g/mol. The van der Waals surface area contributed by atoms with Crippen LogP contribution in [0.3, 0.4) is 0 Å². The van der Waals surface area contributed by atoms with Gasteiger partial charge in [-0.15, -0.1) is 0 Å². The number of carbonyl (C=O) groups is 1. The highest BCUT2D eigenvalue weighted by Crippen LogP contribution is 2.31. The molecule has 0 spiro atoms. The van der Waals surface area contributed by atoms with Gasteiger partial charge in [-0.25, -0.2) is 9.82 Å². The molecular formula is C11H12ClFN2O2. The minimum absolute atomic E-state index is 0.266. The first kappa shape index (κ1) is 12.3. The van der Waals surface area contributed by atoms with Gasteiger partial charge in [0, 0.05) is 16.6 Å². The van der Waals surface area contributed by atoms with Gasteiger partial charge in [-0.3, -0.25) is 10.2 Å². The Labute approximate surface area is 103 Å². The SMILES string of the molecule is CC1NNC(c2cc(Cl)ccc2F)C1C(=O)O. The zero-order valence-corrected chi connectivity index (χ0v) is 9.83. The highest BCUT2D eigenvalue weighted by atomic mass is 35.5. The van der Waals surface area contributed by atoms with E-state index in [1.165, 1.54) is 18.2 Å². The predicted octanol–water partition coefficient (Wildman–Crippen LogP) is 1.72. The van der Waals surface area contributed by atoms with Gasteiger partial charge in [0.25, 0.3) is 0 Å². The lowest BCUT2D eigenvalue weighted by Gasteiger charge is -2.17. The Hall–Kier alpha value is -1.17. The zero-order valence-electron chi connectivity index (χ0n) is 9.08. The van der Waals surface area contributed by atoms with Crippen LogP contribution >= 0.6 is 11.6 Å². The van der Waals surface area contributed by atoms with Gasteiger partial charge in [0.05, 0.1) is 12.0 Å². The Morgan fingerprint density at radius 1 is 1.47 bits per heavy atom. The van der Waals surface area contributed by atoms with Crippen molar-refractivity contribution < 1.29 is 14.3 Å². The standard InChI is InChI=1S/C11H12ClFN2O2/c1-5-9(11(16)17)10(15-14-5)7-4-6(12)2-3-8(7)13/h2-5,9-10,14-15H,1H3,(H,16,17). The largest absolute Gasteiger partial charge is 0.481 e. The average molecular weight is 259 g/mol. The number of aliphatic carboxylic acids is 1. The highest BCUT2D eigenvalue weighted by Gasteiger charge is 2.40. The van der Waals surface area contributed by atoms with Crippen LogP contribution < -0.4 is 10.9 Å². The van der Waals surface area contributed by atoms with Crippen LogP contribution in [-0.4, -0.2) is 17.1 Å². The topological polar surface area (TPSA) is 61.4 Å². The molecule has 2 rings (SSSR count). The maximum absolute atomic E-state index is 13.7. The number of hydrogen-bond donors (Lipinski definition) is 3. The van der Waals surface area contributed by atoms with Gasteiger partial charge in [-0.05, 0) is 25.1 Å². The van der Waals surface area contributed by atoms with Crippen molar-refractivity contribution in [2.75, 3.05) is 0 Å². The minimum atomic E-state index is -0.973. The normalized spacial score (nSPS) is 28.3. The van der Waals surface area contributed by atoms with Gasteiger partial charge < -0.3 is 5.11 Å². The maximum atomic E-state index is 13.7. The van der Waals surface area contributed by atoms with Gasteiger partial charge >= 0.3 is 5.97 Å². The van der Waals surface area contributed by atoms with Crippen LogP contribution in [0.25, 0.3) is 0 Å². The van der Waals surface area contributed by atoms with E-state index in [9.17, 15) is 9.18 Å². The van der Waals surface area contributed by atoms with Gasteiger partial charge in [-0.2, -0.15) is 0 Å². The lowest BCUT2D eigenvalue weighted by Crippen LogP contribution is -2.30. The van der Waals surface area contributed by atoms with Gasteiger partial charge in [0.2, 0.25) is 0 Å². The minimum Gasteiger partial charge on any atom is -0.481 e. The smallest absolute Gasteiger partial charge is 0.310 e. The fourth-order valence-corrected chi connectivity index (χ4v) is 2.25. The summed E-state index contributed by atoms with van der Waals surface area (Å²) in [6.07, 6.45) is 0. The third-order valence-electron chi connectivity index (χ3n) is 2.94. The molecule has 0 bridgehead atoms. The van der Waals surface area contributed by atoms with E-state index in [0.717, 1.165) is 0 Å². The number of carboxylic acid groups (broad SMARTS) is 1. The molecule has 0 aromatic heterocycles. The molecule has 92 valence electrons. The Balaban J connectivity index is 2.39. The summed E-state index contributed by atoms with van der Waals surface area (Å²) in [7, 11) is 0. The molecule has 1 aromatic rings. The Morgan fingerprint density at radius 3 is 2.82 bits per heavy atom. The number of carboxylic acids is 1. The predicted molar refractivity (Wildman–Crippen MR) is 61.0 cm³/mol. The summed E-state index contributed by atoms with van der Waals surface area (Å²) in [6, 6.07) is 3.21. The summed E-state index contributed by atoms with van der Waals surface area (Å²) in [5.41, 5.74) is 5.86. The second-order valence-electron chi connectivity index (χ2n) is 4.08. The molecule has 0 aliphatic carbocycles. The van der Waals surface area contributed by atoms with Crippen molar-refractivity contribution in [1.82, 2.24) is 10.9 Å². The van der Waals surface area contributed by atoms with Crippen LogP contribution in [0.1, 0.15) is 18.5 Å². The Morgan fingerprint density at radius 2 is 2.18 bits per heavy atom. The van der Waals surface area contributed by atoms with E-state index in [1.807, 2.05) is 0 Å². The monoisotopic (exact) mass is 258 g/mol. The van der Waals surface area contributed by atoms with Crippen LogP contribution in [0.5, 0.6) is 0 Å². The Kier molecular flexibility index (Phi) is 3.33. The van der Waals surface area contributed by atoms with Crippen molar-refractivity contribution in [3.63, 3.8) is 0 Å². The zero-order chi connectivity index (χ0) is 12.6. The number of nitrogens with one attached hydrogen (secondary N) is 2. The van der Waals surface area contributed by atoms with Crippen molar-refractivity contribution in [1.29, 1.82) is 0 Å². The van der Waals surface area contributed by atoms with Crippen LogP contribution in [0.15, 0.2) is 18.2 Å². The summed E-state index contributed by atoms with van der Waals surface area (Å²) in [6.45, 7) is 1.73. The van der Waals surface area contributed by atoms with Crippen LogP contribution in [0.4, 0.5) is 4.39 Å². The summed E-state index contributed by atoms with van der Waals surface area (Å²) < 4.78 is 13.7. The van der Waals surface area contributed by atoms with Crippen LogP contribution in [-0.2, 0) is 4.79 Å². The summed E-state index contributed by atoms with van der Waals surface area (Å²) >= 11 is 5.80. The summed E-state index contributed by atoms with van der Waals surface area (Å²) in [5.74, 6) is -2.17. The van der Waals surface area contributed by atoms with Crippen molar-refractivity contribution >= 4 is 17.6 Å². The average Bonchev–Trinajstić information content (AvgIpc) is 2.64. The molecule has 6 heteroatoms. The molecule has 1 saturated heterocycles. The summed E-state index contributed by atoms with van der Waals surface area (Å²) in [5, 5.41) is 9.52. The van der Waals surface area contributed by atoms with E-state index >= 15 is 0 Å². The number of rotatable bonds is 2. The first-order valence-electron chi connectivity index (χ1n) is 5.19. The fourth-order valence-electron chi connectivity index (χ4n) is 2.07. The molecule has 3 atom stereocenters. The number of hydrogen-bond acceptors (Lipinski definition) is 3.